The topological polar surface area (TPSA) is 48.0 Å². The molecule has 0 fully saturated rings. The lowest BCUT2D eigenvalue weighted by atomic mass is 9.99. The molecule has 0 atom stereocenters. The van der Waals surface area contributed by atoms with Crippen molar-refractivity contribution in [2.45, 2.75) is 19.9 Å². The molecule has 2 aliphatic rings. The molecule has 0 amide bonds. The lowest BCUT2D eigenvalue weighted by molar-refractivity contribution is 0.0954. The highest BCUT2D eigenvalue weighted by Gasteiger charge is 2.33. The number of Topliss-reactive ketones (excluding diaryl/α,β-unsaturated/α-hetero) is 1. The average Bonchev–Trinajstić information content (AvgIpc) is 3.15. The summed E-state index contributed by atoms with van der Waals surface area (Å²) in [5.74, 6) is 1.58. The molecular weight excluding hydrogens is 421 g/mol. The van der Waals surface area contributed by atoms with E-state index in [0.29, 0.717) is 30.2 Å². The van der Waals surface area contributed by atoms with Gasteiger partial charge in [0.1, 0.15) is 29.8 Å². The lowest BCUT2D eigenvalue weighted by Crippen LogP contribution is -2.34. The highest BCUT2D eigenvalue weighted by Crippen LogP contribution is 2.43. The number of hydrogen-bond acceptors (Lipinski definition) is 5. The summed E-state index contributed by atoms with van der Waals surface area (Å²) in [7, 11) is 1.66. The van der Waals surface area contributed by atoms with Crippen molar-refractivity contribution in [3.63, 3.8) is 0 Å². The third-order valence-electron chi connectivity index (χ3n) is 6.07. The maximum atomic E-state index is 14.1. The largest absolute Gasteiger partial charge is 0.497 e. The van der Waals surface area contributed by atoms with Gasteiger partial charge >= 0.3 is 0 Å². The van der Waals surface area contributed by atoms with Crippen LogP contribution >= 0.6 is 0 Å². The Balaban J connectivity index is 1.34. The summed E-state index contributed by atoms with van der Waals surface area (Å²) in [4.78, 5) is 15.2. The monoisotopic (exact) mass is 445 g/mol. The minimum Gasteiger partial charge on any atom is -0.497 e. The van der Waals surface area contributed by atoms with E-state index in [2.05, 4.69) is 17.0 Å². The highest BCUT2D eigenvalue weighted by atomic mass is 19.1. The highest BCUT2D eigenvalue weighted by molar-refractivity contribution is 6.15. The summed E-state index contributed by atoms with van der Waals surface area (Å²) in [6, 6.07) is 16.2. The molecule has 6 heteroatoms. The molecule has 2 heterocycles. The van der Waals surface area contributed by atoms with E-state index in [9.17, 15) is 9.18 Å². The van der Waals surface area contributed by atoms with E-state index in [1.165, 1.54) is 17.7 Å². The molecule has 2 aliphatic heterocycles. The number of hydrogen-bond donors (Lipinski definition) is 0. The van der Waals surface area contributed by atoms with E-state index in [1.807, 2.05) is 25.1 Å². The van der Waals surface area contributed by atoms with Crippen molar-refractivity contribution in [2.24, 2.45) is 0 Å². The molecule has 0 saturated carbocycles. The zero-order valence-electron chi connectivity index (χ0n) is 18.6. The van der Waals surface area contributed by atoms with E-state index in [4.69, 9.17) is 14.2 Å². The van der Waals surface area contributed by atoms with E-state index in [1.54, 1.807) is 25.3 Å². The predicted octanol–water partition coefficient (Wildman–Crippen LogP) is 5.15. The Labute approximate surface area is 192 Å². The van der Waals surface area contributed by atoms with E-state index < -0.39 is 5.82 Å². The van der Waals surface area contributed by atoms with Crippen LogP contribution in [0.1, 0.15) is 32.6 Å². The number of carbonyl (C=O) groups is 1. The maximum absolute atomic E-state index is 14.1. The molecule has 3 aromatic carbocycles. The smallest absolute Gasteiger partial charge is 0.231 e. The Morgan fingerprint density at radius 1 is 1.12 bits per heavy atom. The number of ketones is 1. The Morgan fingerprint density at radius 2 is 1.91 bits per heavy atom. The van der Waals surface area contributed by atoms with Gasteiger partial charge in [0.2, 0.25) is 5.78 Å². The Morgan fingerprint density at radius 3 is 2.67 bits per heavy atom. The van der Waals surface area contributed by atoms with E-state index in [-0.39, 0.29) is 11.5 Å². The van der Waals surface area contributed by atoms with E-state index in [0.717, 1.165) is 35.6 Å². The number of allylic oxidation sites excluding steroid dienone is 1. The Kier molecular flexibility index (Phi) is 5.60. The fourth-order valence-corrected chi connectivity index (χ4v) is 4.25. The van der Waals surface area contributed by atoms with Crippen molar-refractivity contribution < 1.29 is 23.4 Å². The molecule has 0 saturated heterocycles. The molecule has 0 aromatic heterocycles. The van der Waals surface area contributed by atoms with Gasteiger partial charge < -0.3 is 14.2 Å². The summed E-state index contributed by atoms with van der Waals surface area (Å²) >= 11 is 0. The number of nitrogens with zero attached hydrogens (tertiary/aromatic N) is 1. The minimum absolute atomic E-state index is 0.122. The van der Waals surface area contributed by atoms with Crippen LogP contribution < -0.4 is 14.2 Å². The second kappa shape index (κ2) is 8.71. The first kappa shape index (κ1) is 21.2. The van der Waals surface area contributed by atoms with Crippen LogP contribution in [0.2, 0.25) is 0 Å². The minimum atomic E-state index is -0.399. The van der Waals surface area contributed by atoms with E-state index >= 15 is 0 Å². The molecule has 5 nitrogen and oxygen atoms in total. The number of fused-ring (bicyclic) bond motifs is 2. The first-order valence-electron chi connectivity index (χ1n) is 10.9. The number of carbonyl (C=O) groups excluding carboxylic acids is 1. The van der Waals surface area contributed by atoms with Gasteiger partial charge in [-0.2, -0.15) is 0 Å². The quantitative estimate of drug-likeness (QED) is 0.508. The molecule has 0 unspecified atom stereocenters. The Hall–Kier alpha value is -3.64. The number of halogens is 1. The van der Waals surface area contributed by atoms with Gasteiger partial charge in [0, 0.05) is 29.8 Å². The van der Waals surface area contributed by atoms with Crippen LogP contribution in [0.25, 0.3) is 6.08 Å². The van der Waals surface area contributed by atoms with Crippen molar-refractivity contribution in [3.8, 4) is 17.2 Å². The molecule has 0 radical (unpaired) electrons. The van der Waals surface area contributed by atoms with Crippen LogP contribution in [-0.2, 0) is 13.0 Å². The summed E-state index contributed by atoms with van der Waals surface area (Å²) in [5, 5.41) is 0. The van der Waals surface area contributed by atoms with Gasteiger partial charge in [-0.05, 0) is 49.2 Å². The fraction of sp³-hybridized carbons (Fsp3) is 0.222. The van der Waals surface area contributed by atoms with Gasteiger partial charge in [-0.15, -0.1) is 0 Å². The summed E-state index contributed by atoms with van der Waals surface area (Å²) in [5.41, 5.74) is 3.78. The molecule has 0 bridgehead atoms. The van der Waals surface area contributed by atoms with Crippen LogP contribution in [0.3, 0.4) is 0 Å². The first-order valence-corrected chi connectivity index (χ1v) is 10.9. The van der Waals surface area contributed by atoms with Crippen molar-refractivity contribution in [1.29, 1.82) is 0 Å². The van der Waals surface area contributed by atoms with Gasteiger partial charge in [-0.1, -0.05) is 30.3 Å². The number of methoxy groups -OCH3 is 1. The summed E-state index contributed by atoms with van der Waals surface area (Å²) in [6.45, 7) is 3.86. The van der Waals surface area contributed by atoms with Crippen LogP contribution in [-0.4, -0.2) is 31.1 Å². The zero-order chi connectivity index (χ0) is 22.9. The van der Waals surface area contributed by atoms with Gasteiger partial charge in [0.15, 0.2) is 5.76 Å². The van der Waals surface area contributed by atoms with Gasteiger partial charge in [0.05, 0.1) is 12.7 Å². The van der Waals surface area contributed by atoms with Crippen LogP contribution in [0.15, 0.2) is 60.4 Å². The second-order valence-electron chi connectivity index (χ2n) is 8.25. The normalized spacial score (nSPS) is 16.2. The number of rotatable bonds is 5. The van der Waals surface area contributed by atoms with Gasteiger partial charge in [-0.25, -0.2) is 4.39 Å². The zero-order valence-corrected chi connectivity index (χ0v) is 18.6. The van der Waals surface area contributed by atoms with Gasteiger partial charge in [0.25, 0.3) is 0 Å². The first-order chi connectivity index (χ1) is 16.0. The molecule has 5 rings (SSSR count). The van der Waals surface area contributed by atoms with Crippen molar-refractivity contribution in [2.75, 3.05) is 20.4 Å². The predicted molar refractivity (Wildman–Crippen MR) is 123 cm³/mol. The van der Waals surface area contributed by atoms with Gasteiger partial charge in [-0.3, -0.25) is 9.69 Å². The standard InChI is InChI=1S/C27H24FNO4/c1-17-26-20(15-29(16-32-26)12-11-18-7-9-21(31-2)10-8-18)13-22-25(30)24(33-27(17)22)14-19-5-3-4-6-23(19)28/h3-10,13-14H,11-12,15-16H2,1-2H3/b24-14-. The third-order valence-corrected chi connectivity index (χ3v) is 6.07. The van der Waals surface area contributed by atoms with Crippen molar-refractivity contribution in [1.82, 2.24) is 4.90 Å². The molecule has 0 aliphatic carbocycles. The molecule has 168 valence electrons. The maximum Gasteiger partial charge on any atom is 0.231 e. The molecule has 33 heavy (non-hydrogen) atoms. The summed E-state index contributed by atoms with van der Waals surface area (Å²) in [6.07, 6.45) is 2.34. The summed E-state index contributed by atoms with van der Waals surface area (Å²) < 4.78 is 31.2. The van der Waals surface area contributed by atoms with Crippen LogP contribution in [0.4, 0.5) is 4.39 Å². The van der Waals surface area contributed by atoms with Crippen LogP contribution in [0.5, 0.6) is 17.2 Å². The molecular formula is C27H24FNO4. The van der Waals surface area contributed by atoms with Crippen LogP contribution in [0, 0.1) is 12.7 Å². The fourth-order valence-electron chi connectivity index (χ4n) is 4.25. The SMILES string of the molecule is COc1ccc(CCN2COc3c(cc4c(c3C)O/C(=C\c3ccccc3F)C4=O)C2)cc1. The van der Waals surface area contributed by atoms with Crippen molar-refractivity contribution in [3.05, 3.63) is 94.0 Å². The average molecular weight is 445 g/mol. The second-order valence-corrected chi connectivity index (χ2v) is 8.25. The number of benzene rings is 3. The number of ether oxygens (including phenoxy) is 3. The molecule has 3 aromatic rings. The molecule has 0 spiro atoms. The third kappa shape index (κ3) is 4.10. The lowest BCUT2D eigenvalue weighted by Gasteiger charge is -2.30. The Bertz CT molecular complexity index is 1250. The van der Waals surface area contributed by atoms with Crippen molar-refractivity contribution >= 4 is 11.9 Å². The molecule has 0 N–H and O–H groups in total.